The molecule has 3 aromatic rings. The Morgan fingerprint density at radius 3 is 2.34 bits per heavy atom. The van der Waals surface area contributed by atoms with Gasteiger partial charge in [-0.25, -0.2) is 4.79 Å². The van der Waals surface area contributed by atoms with Crippen LogP contribution in [-0.2, 0) is 9.59 Å². The molecule has 0 fully saturated rings. The zero-order valence-electron chi connectivity index (χ0n) is 22.5. The Labute approximate surface area is 224 Å². The van der Waals surface area contributed by atoms with Crippen molar-refractivity contribution in [3.05, 3.63) is 101 Å². The molecule has 0 aliphatic heterocycles. The molecule has 0 unspecified atom stereocenters. The van der Waals surface area contributed by atoms with E-state index in [1.807, 2.05) is 76.2 Å². The van der Waals surface area contributed by atoms with E-state index in [2.05, 4.69) is 5.32 Å². The molecule has 0 radical (unpaired) electrons. The highest BCUT2D eigenvalue weighted by Gasteiger charge is 2.27. The Morgan fingerprint density at radius 2 is 1.63 bits per heavy atom. The van der Waals surface area contributed by atoms with Crippen molar-refractivity contribution < 1.29 is 23.9 Å². The normalized spacial score (nSPS) is 11.3. The number of benzene rings is 3. The third kappa shape index (κ3) is 8.73. The molecule has 0 spiro atoms. The second kappa shape index (κ2) is 13.4. The first kappa shape index (κ1) is 28.4. The van der Waals surface area contributed by atoms with Gasteiger partial charge in [-0.1, -0.05) is 56.3 Å². The third-order valence-electron chi connectivity index (χ3n) is 6.18. The van der Waals surface area contributed by atoms with E-state index in [0.717, 1.165) is 22.4 Å². The van der Waals surface area contributed by atoms with E-state index in [4.69, 9.17) is 9.47 Å². The summed E-state index contributed by atoms with van der Waals surface area (Å²) in [7, 11) is 0. The largest absolute Gasteiger partial charge is 0.493 e. The number of Topliss-reactive ketones (excluding diaryl/α,β-unsaturated/α-hetero) is 1. The standard InChI is InChI=1S/C32H35NO5/c1-23-11-12-24(2)29(21-23)37-20-8-19-32(3,4)31(36)33-22-28(34)26-14-16-27(17-15-26)38-30(35)18-13-25-9-6-5-7-10-25/h5-7,9-18,21H,8,19-20,22H2,1-4H3,(H,33,36)/b18-13+. The van der Waals surface area contributed by atoms with Crippen LogP contribution in [0, 0.1) is 19.3 Å². The van der Waals surface area contributed by atoms with Crippen molar-refractivity contribution in [2.24, 2.45) is 5.41 Å². The van der Waals surface area contributed by atoms with Crippen molar-refractivity contribution in [1.82, 2.24) is 5.32 Å². The number of carbonyl (C=O) groups is 3. The molecule has 198 valence electrons. The van der Waals surface area contributed by atoms with Crippen LogP contribution in [0.15, 0.2) is 78.9 Å². The van der Waals surface area contributed by atoms with Crippen LogP contribution in [0.4, 0.5) is 0 Å². The monoisotopic (exact) mass is 513 g/mol. The number of amides is 1. The second-order valence-corrected chi connectivity index (χ2v) is 9.90. The van der Waals surface area contributed by atoms with Crippen molar-refractivity contribution in [2.45, 2.75) is 40.5 Å². The lowest BCUT2D eigenvalue weighted by Crippen LogP contribution is -2.39. The van der Waals surface area contributed by atoms with Crippen LogP contribution < -0.4 is 14.8 Å². The third-order valence-corrected chi connectivity index (χ3v) is 6.18. The van der Waals surface area contributed by atoms with Crippen molar-refractivity contribution in [3.63, 3.8) is 0 Å². The van der Waals surface area contributed by atoms with Gasteiger partial charge in [0.2, 0.25) is 5.91 Å². The lowest BCUT2D eigenvalue weighted by Gasteiger charge is -2.23. The number of hydrogen-bond donors (Lipinski definition) is 1. The summed E-state index contributed by atoms with van der Waals surface area (Å²) in [6.07, 6.45) is 4.35. The quantitative estimate of drug-likeness (QED) is 0.104. The van der Waals surface area contributed by atoms with Gasteiger partial charge in [0.15, 0.2) is 5.78 Å². The number of rotatable bonds is 12. The molecule has 6 heteroatoms. The molecule has 3 aromatic carbocycles. The van der Waals surface area contributed by atoms with Crippen molar-refractivity contribution in [2.75, 3.05) is 13.2 Å². The van der Waals surface area contributed by atoms with Crippen LogP contribution in [-0.4, -0.2) is 30.8 Å². The fourth-order valence-electron chi connectivity index (χ4n) is 3.76. The van der Waals surface area contributed by atoms with Gasteiger partial charge >= 0.3 is 5.97 Å². The van der Waals surface area contributed by atoms with Crippen LogP contribution in [0.2, 0.25) is 0 Å². The van der Waals surface area contributed by atoms with Crippen LogP contribution in [0.5, 0.6) is 11.5 Å². The summed E-state index contributed by atoms with van der Waals surface area (Å²) < 4.78 is 11.2. The predicted molar refractivity (Wildman–Crippen MR) is 149 cm³/mol. The zero-order valence-corrected chi connectivity index (χ0v) is 22.5. The Bertz CT molecular complexity index is 1280. The summed E-state index contributed by atoms with van der Waals surface area (Å²) in [5, 5.41) is 2.75. The molecule has 0 heterocycles. The van der Waals surface area contributed by atoms with Gasteiger partial charge in [0.05, 0.1) is 13.2 Å². The molecule has 38 heavy (non-hydrogen) atoms. The van der Waals surface area contributed by atoms with E-state index >= 15 is 0 Å². The maximum Gasteiger partial charge on any atom is 0.336 e. The van der Waals surface area contributed by atoms with Gasteiger partial charge in [-0.05, 0) is 79.8 Å². The number of ether oxygens (including phenoxy) is 2. The molecular weight excluding hydrogens is 478 g/mol. The van der Waals surface area contributed by atoms with E-state index in [-0.39, 0.29) is 18.2 Å². The Balaban J connectivity index is 1.42. The molecule has 1 N–H and O–H groups in total. The van der Waals surface area contributed by atoms with E-state index in [1.165, 1.54) is 6.08 Å². The Hall–Kier alpha value is -4.19. The topological polar surface area (TPSA) is 81.7 Å². The van der Waals surface area contributed by atoms with Gasteiger partial charge < -0.3 is 14.8 Å². The highest BCUT2D eigenvalue weighted by molar-refractivity contribution is 6.00. The van der Waals surface area contributed by atoms with Crippen molar-refractivity contribution in [1.29, 1.82) is 0 Å². The molecule has 0 saturated carbocycles. The summed E-state index contributed by atoms with van der Waals surface area (Å²) in [5.41, 5.74) is 2.89. The summed E-state index contributed by atoms with van der Waals surface area (Å²) in [6.45, 7) is 8.16. The van der Waals surface area contributed by atoms with Crippen LogP contribution in [0.25, 0.3) is 6.08 Å². The summed E-state index contributed by atoms with van der Waals surface area (Å²) in [4.78, 5) is 37.4. The summed E-state index contributed by atoms with van der Waals surface area (Å²) in [6, 6.07) is 21.8. The molecule has 0 bridgehead atoms. The maximum atomic E-state index is 12.7. The fourth-order valence-corrected chi connectivity index (χ4v) is 3.76. The van der Waals surface area contributed by atoms with E-state index in [9.17, 15) is 14.4 Å². The van der Waals surface area contributed by atoms with Crippen LogP contribution >= 0.6 is 0 Å². The van der Waals surface area contributed by atoms with E-state index in [1.54, 1.807) is 30.3 Å². The Kier molecular flexibility index (Phi) is 9.99. The number of aryl methyl sites for hydroxylation is 2. The van der Waals surface area contributed by atoms with Crippen molar-refractivity contribution >= 4 is 23.7 Å². The molecule has 1 amide bonds. The van der Waals surface area contributed by atoms with Gasteiger partial charge in [-0.15, -0.1) is 0 Å². The lowest BCUT2D eigenvalue weighted by molar-refractivity contribution is -0.130. The number of hydrogen-bond acceptors (Lipinski definition) is 5. The van der Waals surface area contributed by atoms with Gasteiger partial charge in [-0.3, -0.25) is 9.59 Å². The van der Waals surface area contributed by atoms with Gasteiger partial charge in [0.1, 0.15) is 11.5 Å². The maximum absolute atomic E-state index is 12.7. The predicted octanol–water partition coefficient (Wildman–Crippen LogP) is 6.11. The first-order valence-electron chi connectivity index (χ1n) is 12.7. The summed E-state index contributed by atoms with van der Waals surface area (Å²) in [5.74, 6) is 0.268. The zero-order chi connectivity index (χ0) is 27.5. The molecule has 6 nitrogen and oxygen atoms in total. The Morgan fingerprint density at radius 1 is 0.921 bits per heavy atom. The average Bonchev–Trinajstić information content (AvgIpc) is 2.91. The minimum atomic E-state index is -0.642. The minimum Gasteiger partial charge on any atom is -0.493 e. The molecule has 0 aliphatic rings. The molecule has 0 saturated heterocycles. The molecule has 3 rings (SSSR count). The number of nitrogens with one attached hydrogen (secondary N) is 1. The van der Waals surface area contributed by atoms with Gasteiger partial charge in [0.25, 0.3) is 0 Å². The number of carbonyl (C=O) groups excluding carboxylic acids is 3. The van der Waals surface area contributed by atoms with Gasteiger partial charge in [-0.2, -0.15) is 0 Å². The van der Waals surface area contributed by atoms with Crippen molar-refractivity contribution in [3.8, 4) is 11.5 Å². The molecule has 0 atom stereocenters. The van der Waals surface area contributed by atoms with E-state index in [0.29, 0.717) is 30.8 Å². The first-order chi connectivity index (χ1) is 18.1. The summed E-state index contributed by atoms with van der Waals surface area (Å²) >= 11 is 0. The van der Waals surface area contributed by atoms with Crippen LogP contribution in [0.3, 0.4) is 0 Å². The highest BCUT2D eigenvalue weighted by atomic mass is 16.5. The fraction of sp³-hybridized carbons (Fsp3) is 0.281. The minimum absolute atomic E-state index is 0.111. The SMILES string of the molecule is Cc1ccc(C)c(OCCCC(C)(C)C(=O)NCC(=O)c2ccc(OC(=O)/C=C/c3ccccc3)cc2)c1. The first-order valence-corrected chi connectivity index (χ1v) is 12.7. The molecular formula is C32H35NO5. The number of esters is 1. The van der Waals surface area contributed by atoms with E-state index < -0.39 is 11.4 Å². The second-order valence-electron chi connectivity index (χ2n) is 9.90. The molecule has 0 aliphatic carbocycles. The smallest absolute Gasteiger partial charge is 0.336 e. The van der Waals surface area contributed by atoms with Crippen LogP contribution in [0.1, 0.15) is 53.7 Å². The average molecular weight is 514 g/mol. The highest BCUT2D eigenvalue weighted by Crippen LogP contribution is 2.24. The van der Waals surface area contributed by atoms with Gasteiger partial charge in [0, 0.05) is 17.1 Å². The molecule has 0 aromatic heterocycles. The number of ketones is 1. The lowest BCUT2D eigenvalue weighted by atomic mass is 9.87.